The second-order valence-corrected chi connectivity index (χ2v) is 6.98. The molecule has 122 valence electrons. The van der Waals surface area contributed by atoms with E-state index < -0.39 is 0 Å². The maximum atomic E-state index is 13.0. The van der Waals surface area contributed by atoms with E-state index in [1.165, 1.54) is 0 Å². The van der Waals surface area contributed by atoms with Gasteiger partial charge in [0, 0.05) is 33.2 Å². The van der Waals surface area contributed by atoms with Crippen molar-refractivity contribution in [2.75, 3.05) is 26.8 Å². The van der Waals surface area contributed by atoms with Gasteiger partial charge < -0.3 is 14.4 Å². The number of nitrogens with zero attached hydrogens (tertiary/aromatic N) is 3. The molecule has 2 aliphatic rings. The fourth-order valence-corrected chi connectivity index (χ4v) is 3.35. The van der Waals surface area contributed by atoms with Crippen molar-refractivity contribution >= 4 is 5.91 Å². The van der Waals surface area contributed by atoms with E-state index in [1.54, 1.807) is 13.3 Å². The first-order valence-corrected chi connectivity index (χ1v) is 7.89. The van der Waals surface area contributed by atoms with Gasteiger partial charge in [0.2, 0.25) is 0 Å². The molecular weight excluding hydrogens is 282 g/mol. The molecule has 0 spiro atoms. The summed E-state index contributed by atoms with van der Waals surface area (Å²) >= 11 is 0. The van der Waals surface area contributed by atoms with Gasteiger partial charge in [-0.3, -0.25) is 9.48 Å². The molecule has 2 heterocycles. The average Bonchev–Trinajstić information content (AvgIpc) is 3.19. The van der Waals surface area contributed by atoms with Crippen molar-refractivity contribution in [3.63, 3.8) is 0 Å². The predicted octanol–water partition coefficient (Wildman–Crippen LogP) is 1.56. The van der Waals surface area contributed by atoms with Crippen molar-refractivity contribution < 1.29 is 14.3 Å². The molecule has 0 bridgehead atoms. The zero-order valence-corrected chi connectivity index (χ0v) is 13.8. The molecule has 1 amide bonds. The van der Waals surface area contributed by atoms with Crippen LogP contribution in [0, 0.1) is 0 Å². The Morgan fingerprint density at radius 1 is 1.50 bits per heavy atom. The van der Waals surface area contributed by atoms with Gasteiger partial charge in [-0.05, 0) is 26.7 Å². The summed E-state index contributed by atoms with van der Waals surface area (Å²) in [7, 11) is 3.57. The number of morpholine rings is 1. The summed E-state index contributed by atoms with van der Waals surface area (Å²) in [5.41, 5.74) is 1.47. The van der Waals surface area contributed by atoms with E-state index in [2.05, 4.69) is 5.10 Å². The van der Waals surface area contributed by atoms with Gasteiger partial charge in [-0.25, -0.2) is 0 Å². The molecule has 1 aromatic heterocycles. The summed E-state index contributed by atoms with van der Waals surface area (Å²) in [4.78, 5) is 14.9. The summed E-state index contributed by atoms with van der Waals surface area (Å²) < 4.78 is 13.0. The van der Waals surface area contributed by atoms with Crippen LogP contribution < -0.4 is 0 Å². The molecule has 0 unspecified atom stereocenters. The number of carbonyl (C=O) groups is 1. The molecule has 3 rings (SSSR count). The molecule has 1 aromatic rings. The second-order valence-electron chi connectivity index (χ2n) is 6.98. The average molecular weight is 307 g/mol. The summed E-state index contributed by atoms with van der Waals surface area (Å²) in [6, 6.07) is 0. The lowest BCUT2D eigenvalue weighted by Crippen LogP contribution is -2.55. The van der Waals surface area contributed by atoms with Crippen LogP contribution in [0.4, 0.5) is 0 Å². The number of ether oxygens (including phenoxy) is 2. The van der Waals surface area contributed by atoms with Gasteiger partial charge in [-0.1, -0.05) is 0 Å². The van der Waals surface area contributed by atoms with Gasteiger partial charge in [0.25, 0.3) is 5.91 Å². The minimum atomic E-state index is -0.362. The molecular formula is C16H25N3O3. The van der Waals surface area contributed by atoms with E-state index in [1.807, 2.05) is 30.5 Å². The molecule has 1 saturated heterocycles. The first-order valence-electron chi connectivity index (χ1n) is 7.89. The Morgan fingerprint density at radius 2 is 2.23 bits per heavy atom. The maximum Gasteiger partial charge on any atom is 0.257 e. The van der Waals surface area contributed by atoms with Crippen LogP contribution in [0.5, 0.6) is 0 Å². The van der Waals surface area contributed by atoms with E-state index in [0.717, 1.165) is 24.1 Å². The highest BCUT2D eigenvalue weighted by Gasteiger charge is 2.38. The molecule has 0 aromatic carbocycles. The van der Waals surface area contributed by atoms with Crippen LogP contribution in [0.15, 0.2) is 6.20 Å². The van der Waals surface area contributed by atoms with Crippen LogP contribution >= 0.6 is 0 Å². The highest BCUT2D eigenvalue weighted by atomic mass is 16.5. The van der Waals surface area contributed by atoms with Gasteiger partial charge in [0.1, 0.15) is 0 Å². The quantitative estimate of drug-likeness (QED) is 0.847. The smallest absolute Gasteiger partial charge is 0.257 e. The second kappa shape index (κ2) is 5.66. The number of hydrogen-bond donors (Lipinski definition) is 0. The van der Waals surface area contributed by atoms with E-state index in [9.17, 15) is 4.79 Å². The van der Waals surface area contributed by atoms with Crippen LogP contribution in [-0.2, 0) is 16.5 Å². The molecule has 2 fully saturated rings. The molecule has 1 saturated carbocycles. The predicted molar refractivity (Wildman–Crippen MR) is 81.9 cm³/mol. The zero-order chi connectivity index (χ0) is 15.9. The highest BCUT2D eigenvalue weighted by molar-refractivity contribution is 5.95. The minimum Gasteiger partial charge on any atom is -0.382 e. The third-order valence-electron chi connectivity index (χ3n) is 4.30. The number of hydrogen-bond acceptors (Lipinski definition) is 4. The minimum absolute atomic E-state index is 0.0625. The molecule has 1 aliphatic heterocycles. The standard InChI is InChI=1S/C16H25N3O3/c1-16(2)10-19(8-12(22-16)9-21-4)15(20)13-7-17-18(3)14(13)11-5-6-11/h7,11-12H,5-6,8-10H2,1-4H3/t12-/m0/s1. The first kappa shape index (κ1) is 15.5. The van der Waals surface area contributed by atoms with Crippen LogP contribution in [0.3, 0.4) is 0 Å². The summed E-state index contributed by atoms with van der Waals surface area (Å²) in [6.07, 6.45) is 3.93. The molecule has 6 nitrogen and oxygen atoms in total. The van der Waals surface area contributed by atoms with E-state index >= 15 is 0 Å². The van der Waals surface area contributed by atoms with E-state index in [-0.39, 0.29) is 17.6 Å². The van der Waals surface area contributed by atoms with Gasteiger partial charge in [0.15, 0.2) is 0 Å². The number of aromatic nitrogens is 2. The number of carbonyl (C=O) groups excluding carboxylic acids is 1. The lowest BCUT2D eigenvalue weighted by Gasteiger charge is -2.42. The topological polar surface area (TPSA) is 56.6 Å². The van der Waals surface area contributed by atoms with Crippen LogP contribution in [0.2, 0.25) is 0 Å². The first-order chi connectivity index (χ1) is 10.4. The number of methoxy groups -OCH3 is 1. The highest BCUT2D eigenvalue weighted by Crippen LogP contribution is 2.41. The van der Waals surface area contributed by atoms with Crippen molar-refractivity contribution in [2.45, 2.75) is 44.3 Å². The normalized spacial score (nSPS) is 24.5. The molecule has 22 heavy (non-hydrogen) atoms. The maximum absolute atomic E-state index is 13.0. The van der Waals surface area contributed by atoms with Crippen LogP contribution in [-0.4, -0.2) is 59.1 Å². The number of aryl methyl sites for hydroxylation is 1. The summed E-state index contributed by atoms with van der Waals surface area (Å²) in [5.74, 6) is 0.558. The Bertz CT molecular complexity index is 563. The zero-order valence-electron chi connectivity index (χ0n) is 13.8. The lowest BCUT2D eigenvalue weighted by molar-refractivity contribution is -0.143. The Balaban J connectivity index is 1.81. The summed E-state index contributed by atoms with van der Waals surface area (Å²) in [5, 5.41) is 4.30. The third-order valence-corrected chi connectivity index (χ3v) is 4.30. The van der Waals surface area contributed by atoms with Crippen molar-refractivity contribution in [1.82, 2.24) is 14.7 Å². The Hall–Kier alpha value is -1.40. The number of amides is 1. The molecule has 1 aliphatic carbocycles. The van der Waals surface area contributed by atoms with Gasteiger partial charge >= 0.3 is 0 Å². The van der Waals surface area contributed by atoms with Gasteiger partial charge in [-0.2, -0.15) is 5.10 Å². The van der Waals surface area contributed by atoms with Gasteiger partial charge in [0.05, 0.1) is 35.8 Å². The monoisotopic (exact) mass is 307 g/mol. The lowest BCUT2D eigenvalue weighted by atomic mass is 10.0. The fraction of sp³-hybridized carbons (Fsp3) is 0.750. The van der Waals surface area contributed by atoms with Crippen LogP contribution in [0.25, 0.3) is 0 Å². The summed E-state index contributed by atoms with van der Waals surface area (Å²) in [6.45, 7) is 5.68. The molecule has 6 heteroatoms. The number of rotatable bonds is 4. The van der Waals surface area contributed by atoms with Crippen molar-refractivity contribution in [3.05, 3.63) is 17.5 Å². The van der Waals surface area contributed by atoms with Crippen molar-refractivity contribution in [2.24, 2.45) is 7.05 Å². The van der Waals surface area contributed by atoms with Crippen molar-refractivity contribution in [3.8, 4) is 0 Å². The Kier molecular flexibility index (Phi) is 3.99. The van der Waals surface area contributed by atoms with E-state index in [0.29, 0.717) is 25.6 Å². The molecule has 1 atom stereocenters. The van der Waals surface area contributed by atoms with Crippen molar-refractivity contribution in [1.29, 1.82) is 0 Å². The Morgan fingerprint density at radius 3 is 2.86 bits per heavy atom. The van der Waals surface area contributed by atoms with Gasteiger partial charge in [-0.15, -0.1) is 0 Å². The Labute approximate surface area is 131 Å². The molecule has 0 N–H and O–H groups in total. The SMILES string of the molecule is COC[C@@H]1CN(C(=O)c2cnn(C)c2C2CC2)CC(C)(C)O1. The largest absolute Gasteiger partial charge is 0.382 e. The van der Waals surface area contributed by atoms with E-state index in [4.69, 9.17) is 9.47 Å². The fourth-order valence-electron chi connectivity index (χ4n) is 3.35. The van der Waals surface area contributed by atoms with Crippen LogP contribution in [0.1, 0.15) is 48.7 Å². The third kappa shape index (κ3) is 3.03. The molecule has 0 radical (unpaired) electrons.